The Morgan fingerprint density at radius 3 is 2.80 bits per heavy atom. The first-order valence-electron chi connectivity index (χ1n) is 4.84. The summed E-state index contributed by atoms with van der Waals surface area (Å²) in [6.45, 7) is 3.16. The van der Waals surface area contributed by atoms with E-state index in [9.17, 15) is 9.59 Å². The Balaban J connectivity index is 2.47. The molecule has 1 aliphatic rings. The lowest BCUT2D eigenvalue weighted by molar-refractivity contribution is -0.137. The molecule has 6 nitrogen and oxygen atoms in total. The van der Waals surface area contributed by atoms with Crippen molar-refractivity contribution in [1.82, 2.24) is 9.80 Å². The summed E-state index contributed by atoms with van der Waals surface area (Å²) in [6.07, 6.45) is 0.0147. The fourth-order valence-electron chi connectivity index (χ4n) is 1.50. The van der Waals surface area contributed by atoms with Crippen LogP contribution in [0.25, 0.3) is 0 Å². The van der Waals surface area contributed by atoms with Crippen LogP contribution < -0.4 is 0 Å². The monoisotopic (exact) mass is 216 g/mol. The Kier molecular flexibility index (Phi) is 3.90. The zero-order chi connectivity index (χ0) is 11.4. The van der Waals surface area contributed by atoms with Crippen molar-refractivity contribution in [3.8, 4) is 0 Å². The predicted molar refractivity (Wildman–Crippen MR) is 52.6 cm³/mol. The molecule has 1 heterocycles. The van der Waals surface area contributed by atoms with Crippen molar-refractivity contribution in [2.24, 2.45) is 0 Å². The fourth-order valence-corrected chi connectivity index (χ4v) is 1.50. The Hall–Kier alpha value is -1.30. The highest BCUT2D eigenvalue weighted by atomic mass is 16.5. The molecule has 1 fully saturated rings. The molecule has 1 unspecified atom stereocenters. The van der Waals surface area contributed by atoms with Crippen molar-refractivity contribution in [3.05, 3.63) is 0 Å². The van der Waals surface area contributed by atoms with Gasteiger partial charge in [0.15, 0.2) is 0 Å². The van der Waals surface area contributed by atoms with Crippen molar-refractivity contribution >= 4 is 12.0 Å². The van der Waals surface area contributed by atoms with Crippen molar-refractivity contribution in [2.75, 3.05) is 33.3 Å². The summed E-state index contributed by atoms with van der Waals surface area (Å²) in [5, 5.41) is 8.55. The molecule has 0 aromatic rings. The van der Waals surface area contributed by atoms with Gasteiger partial charge in [0, 0.05) is 20.1 Å². The number of carboxylic acid groups (broad SMARTS) is 1. The second-order valence-electron chi connectivity index (χ2n) is 3.66. The van der Waals surface area contributed by atoms with Crippen LogP contribution in [0.1, 0.15) is 6.92 Å². The van der Waals surface area contributed by atoms with Gasteiger partial charge in [-0.15, -0.1) is 0 Å². The summed E-state index contributed by atoms with van der Waals surface area (Å²) in [5.74, 6) is -1.01. The van der Waals surface area contributed by atoms with Crippen molar-refractivity contribution in [2.45, 2.75) is 13.0 Å². The van der Waals surface area contributed by atoms with Crippen molar-refractivity contribution in [3.63, 3.8) is 0 Å². The van der Waals surface area contributed by atoms with Crippen LogP contribution in [0.15, 0.2) is 0 Å². The molecule has 0 aromatic carbocycles. The molecule has 1 N–H and O–H groups in total. The molecule has 0 saturated carbocycles. The summed E-state index contributed by atoms with van der Waals surface area (Å²) in [6, 6.07) is -0.257. The summed E-state index contributed by atoms with van der Waals surface area (Å²) >= 11 is 0. The van der Waals surface area contributed by atoms with Crippen molar-refractivity contribution in [1.29, 1.82) is 0 Å². The molecule has 1 atom stereocenters. The molecule has 1 saturated heterocycles. The highest BCUT2D eigenvalue weighted by Crippen LogP contribution is 2.06. The normalized spacial score (nSPS) is 21.2. The Labute approximate surface area is 88.4 Å². The molecule has 1 rings (SSSR count). The lowest BCUT2D eigenvalue weighted by Gasteiger charge is -2.33. The molecule has 2 amide bonds. The van der Waals surface area contributed by atoms with Gasteiger partial charge in [0.25, 0.3) is 0 Å². The van der Waals surface area contributed by atoms with Crippen LogP contribution in [-0.4, -0.2) is 66.3 Å². The average Bonchev–Trinajstić information content (AvgIpc) is 2.15. The molecule has 86 valence electrons. The van der Waals surface area contributed by atoms with E-state index < -0.39 is 5.97 Å². The SMILES string of the molecule is CC1CN(C(=O)N(C)CC(=O)O)CCO1. The minimum absolute atomic E-state index is 0.0147. The summed E-state index contributed by atoms with van der Waals surface area (Å²) < 4.78 is 5.29. The Bertz CT molecular complexity index is 256. The van der Waals surface area contributed by atoms with Crippen LogP contribution >= 0.6 is 0 Å². The third-order valence-electron chi connectivity index (χ3n) is 2.21. The predicted octanol–water partition coefficient (Wildman–Crippen LogP) is -0.156. The number of ether oxygens (including phenoxy) is 1. The number of hydrogen-bond acceptors (Lipinski definition) is 3. The third kappa shape index (κ3) is 3.39. The lowest BCUT2D eigenvalue weighted by Crippen LogP contribution is -2.50. The highest BCUT2D eigenvalue weighted by Gasteiger charge is 2.24. The van der Waals surface area contributed by atoms with Gasteiger partial charge in [0.2, 0.25) is 0 Å². The zero-order valence-electron chi connectivity index (χ0n) is 8.97. The van der Waals surface area contributed by atoms with E-state index in [1.807, 2.05) is 6.92 Å². The molecule has 0 aliphatic carbocycles. The van der Waals surface area contributed by atoms with Crippen LogP contribution in [0.3, 0.4) is 0 Å². The standard InChI is InChI=1S/C9H16N2O4/c1-7-5-11(3-4-15-7)9(14)10(2)6-8(12)13/h7H,3-6H2,1-2H3,(H,12,13). The van der Waals surface area contributed by atoms with E-state index in [0.29, 0.717) is 19.7 Å². The second kappa shape index (κ2) is 4.97. The molecule has 0 aromatic heterocycles. The van der Waals surface area contributed by atoms with Gasteiger partial charge in [-0.25, -0.2) is 4.79 Å². The number of nitrogens with zero attached hydrogens (tertiary/aromatic N) is 2. The van der Waals surface area contributed by atoms with E-state index in [0.717, 1.165) is 0 Å². The zero-order valence-corrected chi connectivity index (χ0v) is 8.97. The molecule has 0 bridgehead atoms. The molecule has 6 heteroatoms. The van der Waals surface area contributed by atoms with E-state index in [1.54, 1.807) is 4.90 Å². The van der Waals surface area contributed by atoms with Crippen molar-refractivity contribution < 1.29 is 19.4 Å². The van der Waals surface area contributed by atoms with Crippen LogP contribution in [0.4, 0.5) is 4.79 Å². The van der Waals surface area contributed by atoms with E-state index in [4.69, 9.17) is 9.84 Å². The first kappa shape index (κ1) is 11.8. The number of aliphatic carboxylic acids is 1. The molecular weight excluding hydrogens is 200 g/mol. The van der Waals surface area contributed by atoms with Gasteiger partial charge in [0.1, 0.15) is 6.54 Å². The van der Waals surface area contributed by atoms with Crippen LogP contribution in [0, 0.1) is 0 Å². The van der Waals surface area contributed by atoms with Crippen LogP contribution in [0.2, 0.25) is 0 Å². The van der Waals surface area contributed by atoms with E-state index in [1.165, 1.54) is 11.9 Å². The number of carbonyl (C=O) groups excluding carboxylic acids is 1. The number of carboxylic acids is 1. The third-order valence-corrected chi connectivity index (χ3v) is 2.21. The number of hydrogen-bond donors (Lipinski definition) is 1. The minimum atomic E-state index is -1.01. The first-order chi connectivity index (χ1) is 7.00. The minimum Gasteiger partial charge on any atom is -0.480 e. The maximum atomic E-state index is 11.7. The van der Waals surface area contributed by atoms with Gasteiger partial charge < -0.3 is 19.6 Å². The Morgan fingerprint density at radius 1 is 1.60 bits per heavy atom. The van der Waals surface area contributed by atoms with Crippen LogP contribution in [0.5, 0.6) is 0 Å². The number of likely N-dealkylation sites (N-methyl/N-ethyl adjacent to an activating group) is 1. The smallest absolute Gasteiger partial charge is 0.323 e. The summed E-state index contributed by atoms with van der Waals surface area (Å²) in [5.41, 5.74) is 0. The van der Waals surface area contributed by atoms with Gasteiger partial charge in [-0.05, 0) is 6.92 Å². The molecule has 15 heavy (non-hydrogen) atoms. The maximum Gasteiger partial charge on any atom is 0.323 e. The number of carbonyl (C=O) groups is 2. The largest absolute Gasteiger partial charge is 0.480 e. The van der Waals surface area contributed by atoms with Gasteiger partial charge >= 0.3 is 12.0 Å². The first-order valence-corrected chi connectivity index (χ1v) is 4.84. The second-order valence-corrected chi connectivity index (χ2v) is 3.66. The Morgan fingerprint density at radius 2 is 2.27 bits per heavy atom. The summed E-state index contributed by atoms with van der Waals surface area (Å²) in [7, 11) is 1.48. The van der Waals surface area contributed by atoms with Gasteiger partial charge in [-0.3, -0.25) is 4.79 Å². The van der Waals surface area contributed by atoms with Gasteiger partial charge in [0.05, 0.1) is 12.7 Å². The van der Waals surface area contributed by atoms with Gasteiger partial charge in [-0.2, -0.15) is 0 Å². The summed E-state index contributed by atoms with van der Waals surface area (Å²) in [4.78, 5) is 24.9. The topological polar surface area (TPSA) is 70.1 Å². The van der Waals surface area contributed by atoms with E-state index in [2.05, 4.69) is 0 Å². The number of amides is 2. The van der Waals surface area contributed by atoms with E-state index in [-0.39, 0.29) is 18.7 Å². The molecular formula is C9H16N2O4. The molecule has 1 aliphatic heterocycles. The number of morpholine rings is 1. The van der Waals surface area contributed by atoms with Gasteiger partial charge in [-0.1, -0.05) is 0 Å². The molecule has 0 spiro atoms. The van der Waals surface area contributed by atoms with Crippen LogP contribution in [-0.2, 0) is 9.53 Å². The average molecular weight is 216 g/mol. The van der Waals surface area contributed by atoms with E-state index >= 15 is 0 Å². The number of rotatable bonds is 2. The highest BCUT2D eigenvalue weighted by molar-refractivity contribution is 5.80. The lowest BCUT2D eigenvalue weighted by atomic mass is 10.3. The molecule has 0 radical (unpaired) electrons. The number of urea groups is 1. The maximum absolute atomic E-state index is 11.7. The fraction of sp³-hybridized carbons (Fsp3) is 0.778. The quantitative estimate of drug-likeness (QED) is 0.696.